The minimum absolute atomic E-state index is 0. The summed E-state index contributed by atoms with van der Waals surface area (Å²) >= 11 is 0. The zero-order valence-corrected chi connectivity index (χ0v) is 15.0. The lowest BCUT2D eigenvalue weighted by molar-refractivity contribution is -0.122. The van der Waals surface area contributed by atoms with Crippen molar-refractivity contribution in [1.82, 2.24) is 16.0 Å². The monoisotopic (exact) mass is 361 g/mol. The fourth-order valence-electron chi connectivity index (χ4n) is 2.32. The molecule has 0 aromatic heterocycles. The van der Waals surface area contributed by atoms with Crippen LogP contribution in [0.25, 0.3) is 0 Å². The Bertz CT molecular complexity index is 650. The van der Waals surface area contributed by atoms with E-state index in [1.54, 1.807) is 24.3 Å². The van der Waals surface area contributed by atoms with Crippen LogP contribution in [0.3, 0.4) is 0 Å². The summed E-state index contributed by atoms with van der Waals surface area (Å²) in [6.07, 6.45) is 0.449. The molecule has 0 aliphatic carbocycles. The molecule has 0 saturated carbocycles. The molecule has 5 nitrogen and oxygen atoms in total. The van der Waals surface area contributed by atoms with E-state index < -0.39 is 6.04 Å². The lowest BCUT2D eigenvalue weighted by Gasteiger charge is -2.19. The Morgan fingerprint density at radius 3 is 2.12 bits per heavy atom. The number of halogens is 1. The second-order valence-electron chi connectivity index (χ2n) is 5.48. The largest absolute Gasteiger partial charge is 0.353 e. The number of rotatable bonds is 8. The maximum atomic E-state index is 12.4. The van der Waals surface area contributed by atoms with Crippen molar-refractivity contribution >= 4 is 24.2 Å². The third kappa shape index (κ3) is 6.95. The summed E-state index contributed by atoms with van der Waals surface area (Å²) in [6.45, 7) is 1.19. The highest BCUT2D eigenvalue weighted by Crippen LogP contribution is 2.05. The summed E-state index contributed by atoms with van der Waals surface area (Å²) in [5.74, 6) is -0.432. The Morgan fingerprint density at radius 1 is 0.920 bits per heavy atom. The van der Waals surface area contributed by atoms with Crippen molar-refractivity contribution in [3.05, 3.63) is 71.8 Å². The fourth-order valence-corrected chi connectivity index (χ4v) is 2.32. The third-order valence-electron chi connectivity index (χ3n) is 3.61. The van der Waals surface area contributed by atoms with Crippen LogP contribution in [-0.2, 0) is 11.2 Å². The Balaban J connectivity index is 0.00000312. The number of nitrogens with one attached hydrogen (secondary N) is 3. The summed E-state index contributed by atoms with van der Waals surface area (Å²) in [4.78, 5) is 24.8. The quantitative estimate of drug-likeness (QED) is 0.628. The van der Waals surface area contributed by atoms with Gasteiger partial charge in [0.25, 0.3) is 5.91 Å². The van der Waals surface area contributed by atoms with E-state index in [0.717, 1.165) is 5.56 Å². The molecule has 0 aliphatic rings. The zero-order chi connectivity index (χ0) is 17.2. The minimum Gasteiger partial charge on any atom is -0.353 e. The van der Waals surface area contributed by atoms with E-state index in [1.807, 2.05) is 43.4 Å². The van der Waals surface area contributed by atoms with Gasteiger partial charge >= 0.3 is 0 Å². The Hall–Kier alpha value is -2.37. The molecule has 25 heavy (non-hydrogen) atoms. The number of hydrogen-bond donors (Lipinski definition) is 3. The molecule has 0 fully saturated rings. The van der Waals surface area contributed by atoms with Crippen molar-refractivity contribution < 1.29 is 9.59 Å². The summed E-state index contributed by atoms with van der Waals surface area (Å²) in [5.41, 5.74) is 1.54. The van der Waals surface area contributed by atoms with Crippen molar-refractivity contribution in [2.75, 3.05) is 20.1 Å². The SMILES string of the molecule is CNCCNC(=O)C(Cc1ccccc1)NC(=O)c1ccccc1.Cl. The first-order valence-corrected chi connectivity index (χ1v) is 8.03. The van der Waals surface area contributed by atoms with E-state index in [2.05, 4.69) is 16.0 Å². The van der Waals surface area contributed by atoms with Crippen LogP contribution in [0.2, 0.25) is 0 Å². The van der Waals surface area contributed by atoms with Gasteiger partial charge in [-0.3, -0.25) is 9.59 Å². The Kier molecular flexibility index (Phi) is 9.29. The molecular formula is C19H24ClN3O2. The van der Waals surface area contributed by atoms with Gasteiger partial charge in [0.05, 0.1) is 0 Å². The highest BCUT2D eigenvalue weighted by Gasteiger charge is 2.21. The second kappa shape index (κ2) is 11.2. The lowest BCUT2D eigenvalue weighted by atomic mass is 10.0. The first kappa shape index (κ1) is 20.7. The zero-order valence-electron chi connectivity index (χ0n) is 14.2. The van der Waals surface area contributed by atoms with Crippen molar-refractivity contribution in [3.63, 3.8) is 0 Å². The molecule has 2 rings (SSSR count). The van der Waals surface area contributed by atoms with Crippen molar-refractivity contribution in [3.8, 4) is 0 Å². The van der Waals surface area contributed by atoms with Gasteiger partial charge in [-0.25, -0.2) is 0 Å². The molecule has 0 radical (unpaired) electrons. The van der Waals surface area contributed by atoms with Crippen LogP contribution in [0.4, 0.5) is 0 Å². The molecule has 1 atom stereocenters. The molecule has 0 aliphatic heterocycles. The number of carbonyl (C=O) groups is 2. The number of carbonyl (C=O) groups excluding carboxylic acids is 2. The maximum absolute atomic E-state index is 12.4. The van der Waals surface area contributed by atoms with Crippen LogP contribution in [-0.4, -0.2) is 38.0 Å². The molecule has 3 N–H and O–H groups in total. The molecule has 6 heteroatoms. The molecule has 0 spiro atoms. The number of hydrogen-bond acceptors (Lipinski definition) is 3. The summed E-state index contributed by atoms with van der Waals surface area (Å²) < 4.78 is 0. The molecule has 0 heterocycles. The van der Waals surface area contributed by atoms with Crippen molar-refractivity contribution in [2.24, 2.45) is 0 Å². The molecule has 0 bridgehead atoms. The van der Waals surface area contributed by atoms with E-state index in [9.17, 15) is 9.59 Å². The normalized spacial score (nSPS) is 11.1. The summed E-state index contributed by atoms with van der Waals surface area (Å²) in [6, 6.07) is 18.0. The van der Waals surface area contributed by atoms with Crippen molar-refractivity contribution in [1.29, 1.82) is 0 Å². The minimum atomic E-state index is -0.614. The van der Waals surface area contributed by atoms with Gasteiger partial charge in [0.1, 0.15) is 6.04 Å². The van der Waals surface area contributed by atoms with Crippen molar-refractivity contribution in [2.45, 2.75) is 12.5 Å². The number of amides is 2. The van der Waals surface area contributed by atoms with Crippen LogP contribution in [0.1, 0.15) is 15.9 Å². The molecule has 0 saturated heterocycles. The van der Waals surface area contributed by atoms with E-state index in [1.165, 1.54) is 0 Å². The highest BCUT2D eigenvalue weighted by molar-refractivity contribution is 5.97. The lowest BCUT2D eigenvalue weighted by Crippen LogP contribution is -2.49. The van der Waals surface area contributed by atoms with Crippen LogP contribution in [0.5, 0.6) is 0 Å². The van der Waals surface area contributed by atoms with Gasteiger partial charge in [0.2, 0.25) is 5.91 Å². The smallest absolute Gasteiger partial charge is 0.251 e. The van der Waals surface area contributed by atoms with Gasteiger partial charge in [-0.1, -0.05) is 48.5 Å². The number of benzene rings is 2. The average molecular weight is 362 g/mol. The van der Waals surface area contributed by atoms with E-state index in [0.29, 0.717) is 25.1 Å². The standard InChI is InChI=1S/C19H23N3O2.ClH/c1-20-12-13-21-19(24)17(14-15-8-4-2-5-9-15)22-18(23)16-10-6-3-7-11-16;/h2-11,17,20H,12-14H2,1H3,(H,21,24)(H,22,23);1H. The van der Waals surface area contributed by atoms with Gasteiger partial charge < -0.3 is 16.0 Å². The molecule has 1 unspecified atom stereocenters. The first-order valence-electron chi connectivity index (χ1n) is 8.03. The van der Waals surface area contributed by atoms with E-state index in [4.69, 9.17) is 0 Å². The molecular weight excluding hydrogens is 338 g/mol. The van der Waals surface area contributed by atoms with Gasteiger partial charge in [-0.05, 0) is 24.7 Å². The third-order valence-corrected chi connectivity index (χ3v) is 3.61. The van der Waals surface area contributed by atoms with Crippen LogP contribution < -0.4 is 16.0 Å². The second-order valence-corrected chi connectivity index (χ2v) is 5.48. The van der Waals surface area contributed by atoms with Gasteiger partial charge in [-0.15, -0.1) is 12.4 Å². The molecule has 2 amide bonds. The first-order chi connectivity index (χ1) is 11.7. The van der Waals surface area contributed by atoms with Gasteiger partial charge in [-0.2, -0.15) is 0 Å². The van der Waals surface area contributed by atoms with E-state index in [-0.39, 0.29) is 24.2 Å². The fraction of sp³-hybridized carbons (Fsp3) is 0.263. The topological polar surface area (TPSA) is 70.2 Å². The van der Waals surface area contributed by atoms with Crippen LogP contribution >= 0.6 is 12.4 Å². The van der Waals surface area contributed by atoms with Crippen LogP contribution in [0, 0.1) is 0 Å². The Labute approximate surface area is 154 Å². The average Bonchev–Trinajstić information content (AvgIpc) is 2.63. The highest BCUT2D eigenvalue weighted by atomic mass is 35.5. The molecule has 2 aromatic rings. The van der Waals surface area contributed by atoms with Gasteiger partial charge in [0.15, 0.2) is 0 Å². The molecule has 2 aromatic carbocycles. The van der Waals surface area contributed by atoms with Crippen LogP contribution in [0.15, 0.2) is 60.7 Å². The number of likely N-dealkylation sites (N-methyl/N-ethyl adjacent to an activating group) is 1. The summed E-state index contributed by atoms with van der Waals surface area (Å²) in [5, 5.41) is 8.66. The Morgan fingerprint density at radius 2 is 1.52 bits per heavy atom. The molecule has 134 valence electrons. The van der Waals surface area contributed by atoms with E-state index >= 15 is 0 Å². The maximum Gasteiger partial charge on any atom is 0.251 e. The predicted octanol–water partition coefficient (Wildman–Crippen LogP) is 1.79. The summed E-state index contributed by atoms with van der Waals surface area (Å²) in [7, 11) is 1.82. The predicted molar refractivity (Wildman–Crippen MR) is 102 cm³/mol. The van der Waals surface area contributed by atoms with Gasteiger partial charge in [0, 0.05) is 25.1 Å².